The summed E-state index contributed by atoms with van der Waals surface area (Å²) >= 11 is 0. The third kappa shape index (κ3) is 1.67. The number of fused-ring (bicyclic) bond motifs is 5. The maximum absolute atomic E-state index is 2.42. The van der Waals surface area contributed by atoms with Crippen molar-refractivity contribution in [1.82, 2.24) is 0 Å². The van der Waals surface area contributed by atoms with E-state index in [1.807, 2.05) is 0 Å². The summed E-state index contributed by atoms with van der Waals surface area (Å²) in [4.78, 5) is 0. The van der Waals surface area contributed by atoms with Gasteiger partial charge in [-0.15, -0.1) is 0 Å². The molecule has 0 amide bonds. The van der Waals surface area contributed by atoms with E-state index >= 15 is 0 Å². The second kappa shape index (κ2) is 4.84. The van der Waals surface area contributed by atoms with Gasteiger partial charge in [-0.1, -0.05) is 69.2 Å². The van der Waals surface area contributed by atoms with E-state index in [9.17, 15) is 0 Å². The highest BCUT2D eigenvalue weighted by molar-refractivity contribution is 6.06. The smallest absolute Gasteiger partial charge is 0.00494 e. The molecule has 0 heteroatoms. The molecular formula is C23H24. The lowest BCUT2D eigenvalue weighted by atomic mass is 9.82. The van der Waals surface area contributed by atoms with Crippen LogP contribution in [0.2, 0.25) is 0 Å². The average molecular weight is 300 g/mol. The van der Waals surface area contributed by atoms with Crippen LogP contribution in [0.15, 0.2) is 48.5 Å². The largest absolute Gasteiger partial charge is 0.0651 e. The van der Waals surface area contributed by atoms with Gasteiger partial charge in [-0.3, -0.25) is 0 Å². The van der Waals surface area contributed by atoms with Crippen LogP contribution in [0, 0.1) is 11.8 Å². The Morgan fingerprint density at radius 2 is 1.57 bits per heavy atom. The minimum atomic E-state index is 0.746. The molecule has 4 unspecified atom stereocenters. The molecular weight excluding hydrogens is 276 g/mol. The van der Waals surface area contributed by atoms with Crippen molar-refractivity contribution >= 4 is 21.5 Å². The zero-order chi connectivity index (χ0) is 15.6. The normalized spacial score (nSPS) is 28.6. The minimum Gasteiger partial charge on any atom is -0.0651 e. The van der Waals surface area contributed by atoms with Gasteiger partial charge in [-0.2, -0.15) is 0 Å². The van der Waals surface area contributed by atoms with Crippen LogP contribution in [0.4, 0.5) is 0 Å². The van der Waals surface area contributed by atoms with Gasteiger partial charge in [0.1, 0.15) is 0 Å². The quantitative estimate of drug-likeness (QED) is 0.466. The van der Waals surface area contributed by atoms with Crippen molar-refractivity contribution in [3.63, 3.8) is 0 Å². The minimum absolute atomic E-state index is 0.746. The molecule has 0 aliphatic heterocycles. The topological polar surface area (TPSA) is 0 Å². The van der Waals surface area contributed by atoms with Crippen molar-refractivity contribution in [1.29, 1.82) is 0 Å². The van der Waals surface area contributed by atoms with E-state index in [2.05, 4.69) is 62.4 Å². The third-order valence-electron chi connectivity index (χ3n) is 6.71. The van der Waals surface area contributed by atoms with Gasteiger partial charge in [-0.05, 0) is 68.8 Å². The fraction of sp³-hybridized carbons (Fsp3) is 0.391. The van der Waals surface area contributed by atoms with E-state index in [0.717, 1.165) is 23.7 Å². The van der Waals surface area contributed by atoms with E-state index < -0.39 is 0 Å². The maximum atomic E-state index is 2.42. The molecule has 5 rings (SSSR count). The second-order valence-electron chi connectivity index (χ2n) is 7.58. The first-order valence-electron chi connectivity index (χ1n) is 9.27. The SMILES string of the molecule is CCC1CC(CC)C2c3c4ccccc4cc4cccc(c34)C12. The van der Waals surface area contributed by atoms with Gasteiger partial charge in [0, 0.05) is 0 Å². The van der Waals surface area contributed by atoms with Crippen molar-refractivity contribution in [2.75, 3.05) is 0 Å². The summed E-state index contributed by atoms with van der Waals surface area (Å²) in [5.74, 6) is 3.22. The summed E-state index contributed by atoms with van der Waals surface area (Å²) in [6.45, 7) is 4.78. The molecule has 0 spiro atoms. The number of rotatable bonds is 2. The standard InChI is InChI=1S/C23H24/c1-3-14-12-15(4-2)22-20(14)19-11-7-9-17-13-16-8-5-6-10-18(16)23(22)21(17)19/h5-11,13-15,20,22H,3-4,12H2,1-2H3. The summed E-state index contributed by atoms with van der Waals surface area (Å²) in [5, 5.41) is 5.98. The zero-order valence-corrected chi connectivity index (χ0v) is 14.0. The number of benzene rings is 3. The van der Waals surface area contributed by atoms with E-state index in [1.165, 1.54) is 35.4 Å². The molecule has 0 heterocycles. The summed E-state index contributed by atoms with van der Waals surface area (Å²) in [7, 11) is 0. The monoisotopic (exact) mass is 300 g/mol. The van der Waals surface area contributed by atoms with Crippen molar-refractivity contribution in [2.45, 2.75) is 44.9 Å². The molecule has 2 aliphatic carbocycles. The molecule has 0 aromatic heterocycles. The van der Waals surface area contributed by atoms with Gasteiger partial charge >= 0.3 is 0 Å². The number of hydrogen-bond donors (Lipinski definition) is 0. The van der Waals surface area contributed by atoms with E-state index in [1.54, 1.807) is 16.5 Å². The fourth-order valence-electron chi connectivity index (χ4n) is 5.79. The van der Waals surface area contributed by atoms with Crippen LogP contribution in [0.1, 0.15) is 56.1 Å². The highest BCUT2D eigenvalue weighted by Gasteiger charge is 2.48. The lowest BCUT2D eigenvalue weighted by Gasteiger charge is -2.21. The van der Waals surface area contributed by atoms with Crippen LogP contribution in [-0.2, 0) is 0 Å². The fourth-order valence-corrected chi connectivity index (χ4v) is 5.79. The Morgan fingerprint density at radius 3 is 2.39 bits per heavy atom. The summed E-state index contributed by atoms with van der Waals surface area (Å²) in [6.07, 6.45) is 4.05. The van der Waals surface area contributed by atoms with Gasteiger partial charge in [0.25, 0.3) is 0 Å². The van der Waals surface area contributed by atoms with Crippen molar-refractivity contribution in [3.8, 4) is 0 Å². The highest BCUT2D eigenvalue weighted by atomic mass is 14.5. The Balaban J connectivity index is 1.91. The lowest BCUT2D eigenvalue weighted by Crippen LogP contribution is -2.08. The van der Waals surface area contributed by atoms with Crippen LogP contribution in [0.3, 0.4) is 0 Å². The van der Waals surface area contributed by atoms with Gasteiger partial charge in [0.05, 0.1) is 0 Å². The molecule has 4 atom stereocenters. The molecule has 0 bridgehead atoms. The van der Waals surface area contributed by atoms with Crippen LogP contribution >= 0.6 is 0 Å². The molecule has 1 fully saturated rings. The Hall–Kier alpha value is -1.82. The van der Waals surface area contributed by atoms with Crippen molar-refractivity contribution < 1.29 is 0 Å². The molecule has 3 aromatic rings. The molecule has 23 heavy (non-hydrogen) atoms. The molecule has 2 aliphatic rings. The predicted molar refractivity (Wildman–Crippen MR) is 99.1 cm³/mol. The van der Waals surface area contributed by atoms with E-state index in [0.29, 0.717) is 0 Å². The van der Waals surface area contributed by atoms with E-state index in [4.69, 9.17) is 0 Å². The Labute approximate surface area is 138 Å². The lowest BCUT2D eigenvalue weighted by molar-refractivity contribution is 0.453. The molecule has 3 aromatic carbocycles. The number of hydrogen-bond acceptors (Lipinski definition) is 0. The first-order valence-corrected chi connectivity index (χ1v) is 9.27. The molecule has 0 radical (unpaired) electrons. The molecule has 116 valence electrons. The van der Waals surface area contributed by atoms with Gasteiger partial charge in [0.15, 0.2) is 0 Å². The molecule has 0 saturated heterocycles. The predicted octanol–water partition coefficient (Wildman–Crippen LogP) is 6.63. The molecule has 1 saturated carbocycles. The zero-order valence-electron chi connectivity index (χ0n) is 14.0. The van der Waals surface area contributed by atoms with Crippen LogP contribution in [0.5, 0.6) is 0 Å². The first-order chi connectivity index (χ1) is 11.3. The second-order valence-corrected chi connectivity index (χ2v) is 7.58. The molecule has 0 N–H and O–H groups in total. The maximum Gasteiger partial charge on any atom is -0.00494 e. The molecule has 0 nitrogen and oxygen atoms in total. The van der Waals surface area contributed by atoms with Gasteiger partial charge < -0.3 is 0 Å². The van der Waals surface area contributed by atoms with Gasteiger partial charge in [0.2, 0.25) is 0 Å². The van der Waals surface area contributed by atoms with Crippen molar-refractivity contribution in [3.05, 3.63) is 59.7 Å². The Kier molecular flexibility index (Phi) is 2.86. The Morgan fingerprint density at radius 1 is 0.826 bits per heavy atom. The van der Waals surface area contributed by atoms with Gasteiger partial charge in [-0.25, -0.2) is 0 Å². The van der Waals surface area contributed by atoms with Crippen LogP contribution in [-0.4, -0.2) is 0 Å². The van der Waals surface area contributed by atoms with Crippen LogP contribution in [0.25, 0.3) is 21.5 Å². The average Bonchev–Trinajstić information content (AvgIpc) is 3.12. The third-order valence-corrected chi connectivity index (χ3v) is 6.71. The summed E-state index contributed by atoms with van der Waals surface area (Å²) < 4.78 is 0. The van der Waals surface area contributed by atoms with Crippen LogP contribution < -0.4 is 0 Å². The Bertz CT molecular complexity index is 904. The van der Waals surface area contributed by atoms with E-state index in [-0.39, 0.29) is 0 Å². The summed E-state index contributed by atoms with van der Waals surface area (Å²) in [6, 6.07) is 18.5. The van der Waals surface area contributed by atoms with Crippen molar-refractivity contribution in [2.24, 2.45) is 11.8 Å². The first kappa shape index (κ1) is 13.6. The summed E-state index contributed by atoms with van der Waals surface area (Å²) in [5.41, 5.74) is 3.33. The highest BCUT2D eigenvalue weighted by Crippen LogP contribution is 2.62.